The van der Waals surface area contributed by atoms with E-state index in [4.69, 9.17) is 0 Å². The Morgan fingerprint density at radius 2 is 2.05 bits per heavy atom. The number of rotatable bonds is 4. The predicted molar refractivity (Wildman–Crippen MR) is 68.1 cm³/mol. The van der Waals surface area contributed by atoms with Gasteiger partial charge in [-0.2, -0.15) is 0 Å². The molecule has 0 spiro atoms. The minimum Gasteiger partial charge on any atom is -0.465 e. The number of benzene rings is 1. The fourth-order valence-electron chi connectivity index (χ4n) is 2.23. The number of anilines is 1. The van der Waals surface area contributed by atoms with Crippen LogP contribution in [0.4, 0.5) is 14.5 Å². The SMILES string of the molecule is COC(=O)c1ccc(NC(C)C2CCC2)c(F)c1F. The lowest BCUT2D eigenvalue weighted by Crippen LogP contribution is -2.31. The molecule has 19 heavy (non-hydrogen) atoms. The molecule has 1 atom stereocenters. The zero-order valence-electron chi connectivity index (χ0n) is 11.0. The summed E-state index contributed by atoms with van der Waals surface area (Å²) >= 11 is 0. The van der Waals surface area contributed by atoms with Crippen molar-refractivity contribution in [2.45, 2.75) is 32.2 Å². The van der Waals surface area contributed by atoms with Crippen LogP contribution in [0.3, 0.4) is 0 Å². The molecule has 1 aromatic carbocycles. The second-order valence-electron chi connectivity index (χ2n) is 4.90. The van der Waals surface area contributed by atoms with Gasteiger partial charge in [0, 0.05) is 6.04 Å². The fraction of sp³-hybridized carbons (Fsp3) is 0.500. The second kappa shape index (κ2) is 5.55. The van der Waals surface area contributed by atoms with E-state index >= 15 is 0 Å². The zero-order valence-corrected chi connectivity index (χ0v) is 11.0. The minimum atomic E-state index is -1.17. The van der Waals surface area contributed by atoms with E-state index in [0.717, 1.165) is 20.0 Å². The first-order chi connectivity index (χ1) is 9.04. The molecule has 1 unspecified atom stereocenters. The molecule has 3 nitrogen and oxygen atoms in total. The summed E-state index contributed by atoms with van der Waals surface area (Å²) in [5.74, 6) is -2.58. The van der Waals surface area contributed by atoms with E-state index in [1.165, 1.54) is 18.6 Å². The number of methoxy groups -OCH3 is 1. The highest BCUT2D eigenvalue weighted by atomic mass is 19.2. The number of hydrogen-bond acceptors (Lipinski definition) is 3. The number of halogens is 2. The van der Waals surface area contributed by atoms with Gasteiger partial charge in [0.15, 0.2) is 11.6 Å². The van der Waals surface area contributed by atoms with Crippen LogP contribution in [0.1, 0.15) is 36.5 Å². The van der Waals surface area contributed by atoms with Crippen LogP contribution in [0.25, 0.3) is 0 Å². The van der Waals surface area contributed by atoms with Gasteiger partial charge in [-0.25, -0.2) is 13.6 Å². The Morgan fingerprint density at radius 3 is 2.58 bits per heavy atom. The largest absolute Gasteiger partial charge is 0.465 e. The monoisotopic (exact) mass is 269 g/mol. The Kier molecular flexibility index (Phi) is 4.02. The van der Waals surface area contributed by atoms with Crippen molar-refractivity contribution in [1.29, 1.82) is 0 Å². The molecule has 5 heteroatoms. The first-order valence-corrected chi connectivity index (χ1v) is 6.37. The van der Waals surface area contributed by atoms with E-state index in [1.54, 1.807) is 0 Å². The normalized spacial score (nSPS) is 16.6. The van der Waals surface area contributed by atoms with Crippen LogP contribution < -0.4 is 5.32 Å². The Labute approximate surface area is 111 Å². The van der Waals surface area contributed by atoms with Crippen molar-refractivity contribution in [3.05, 3.63) is 29.3 Å². The van der Waals surface area contributed by atoms with Gasteiger partial charge in [0.05, 0.1) is 18.4 Å². The van der Waals surface area contributed by atoms with Crippen LogP contribution in [-0.2, 0) is 4.74 Å². The molecule has 1 saturated carbocycles. The molecule has 0 radical (unpaired) electrons. The molecule has 1 aromatic rings. The lowest BCUT2D eigenvalue weighted by atomic mass is 9.80. The number of carbonyl (C=O) groups is 1. The van der Waals surface area contributed by atoms with Crippen molar-refractivity contribution >= 4 is 11.7 Å². The van der Waals surface area contributed by atoms with Crippen molar-refractivity contribution in [2.75, 3.05) is 12.4 Å². The Hall–Kier alpha value is -1.65. The molecule has 1 N–H and O–H groups in total. The topological polar surface area (TPSA) is 38.3 Å². The van der Waals surface area contributed by atoms with Crippen molar-refractivity contribution in [3.63, 3.8) is 0 Å². The van der Waals surface area contributed by atoms with E-state index in [2.05, 4.69) is 10.1 Å². The number of nitrogens with one attached hydrogen (secondary N) is 1. The van der Waals surface area contributed by atoms with Gasteiger partial charge >= 0.3 is 5.97 Å². The summed E-state index contributed by atoms with van der Waals surface area (Å²) in [4.78, 5) is 11.2. The van der Waals surface area contributed by atoms with Crippen LogP contribution in [0.2, 0.25) is 0 Å². The Balaban J connectivity index is 2.18. The average Bonchev–Trinajstić information content (AvgIpc) is 2.32. The van der Waals surface area contributed by atoms with E-state index in [-0.39, 0.29) is 17.3 Å². The highest BCUT2D eigenvalue weighted by Gasteiger charge is 2.25. The van der Waals surface area contributed by atoms with Crippen molar-refractivity contribution < 1.29 is 18.3 Å². The number of esters is 1. The van der Waals surface area contributed by atoms with E-state index in [1.807, 2.05) is 6.92 Å². The third-order valence-electron chi connectivity index (χ3n) is 3.73. The molecule has 1 aliphatic carbocycles. The Bertz CT molecular complexity index is 487. The van der Waals surface area contributed by atoms with E-state index in [9.17, 15) is 13.6 Å². The summed E-state index contributed by atoms with van der Waals surface area (Å²) in [5.41, 5.74) is -0.300. The zero-order chi connectivity index (χ0) is 14.0. The molecule has 0 heterocycles. The molecule has 2 rings (SSSR count). The molecule has 0 saturated heterocycles. The lowest BCUT2D eigenvalue weighted by Gasteiger charge is -2.32. The van der Waals surface area contributed by atoms with Gasteiger partial charge < -0.3 is 10.1 Å². The van der Waals surface area contributed by atoms with Gasteiger partial charge in [-0.1, -0.05) is 6.42 Å². The van der Waals surface area contributed by atoms with Crippen LogP contribution in [-0.4, -0.2) is 19.1 Å². The van der Waals surface area contributed by atoms with Crippen molar-refractivity contribution in [1.82, 2.24) is 0 Å². The summed E-state index contributed by atoms with van der Waals surface area (Å²) in [6.07, 6.45) is 3.41. The maximum absolute atomic E-state index is 13.9. The van der Waals surface area contributed by atoms with E-state index in [0.29, 0.717) is 5.92 Å². The van der Waals surface area contributed by atoms with Gasteiger partial charge in [-0.3, -0.25) is 0 Å². The van der Waals surface area contributed by atoms with Gasteiger partial charge in [0.2, 0.25) is 0 Å². The molecule has 0 aromatic heterocycles. The standard InChI is InChI=1S/C14H17F2NO2/c1-8(9-4-3-5-9)17-11-7-6-10(14(18)19-2)12(15)13(11)16/h6-9,17H,3-5H2,1-2H3. The van der Waals surface area contributed by atoms with E-state index < -0.39 is 17.6 Å². The average molecular weight is 269 g/mol. The fourth-order valence-corrected chi connectivity index (χ4v) is 2.23. The molecular weight excluding hydrogens is 252 g/mol. The van der Waals surface area contributed by atoms with Gasteiger partial charge in [0.25, 0.3) is 0 Å². The summed E-state index contributed by atoms with van der Waals surface area (Å²) in [7, 11) is 1.13. The smallest absolute Gasteiger partial charge is 0.340 e. The maximum atomic E-state index is 13.9. The van der Waals surface area contributed by atoms with Crippen LogP contribution in [0.15, 0.2) is 12.1 Å². The summed E-state index contributed by atoms with van der Waals surface area (Å²) in [6, 6.07) is 2.70. The predicted octanol–water partition coefficient (Wildman–Crippen LogP) is 3.35. The first kappa shape index (κ1) is 13.8. The third-order valence-corrected chi connectivity index (χ3v) is 3.73. The van der Waals surface area contributed by atoms with Gasteiger partial charge in [-0.05, 0) is 37.8 Å². The second-order valence-corrected chi connectivity index (χ2v) is 4.90. The van der Waals surface area contributed by atoms with Gasteiger partial charge in [-0.15, -0.1) is 0 Å². The minimum absolute atomic E-state index is 0.0875. The highest BCUT2D eigenvalue weighted by Crippen LogP contribution is 2.32. The molecule has 0 bridgehead atoms. The lowest BCUT2D eigenvalue weighted by molar-refractivity contribution is 0.0594. The van der Waals surface area contributed by atoms with Crippen molar-refractivity contribution in [2.24, 2.45) is 5.92 Å². The molecule has 0 aliphatic heterocycles. The molecule has 1 aliphatic rings. The molecule has 104 valence electrons. The maximum Gasteiger partial charge on any atom is 0.340 e. The molecule has 0 amide bonds. The summed E-state index contributed by atoms with van der Waals surface area (Å²) in [5, 5.41) is 2.97. The van der Waals surface area contributed by atoms with Gasteiger partial charge in [0.1, 0.15) is 0 Å². The highest BCUT2D eigenvalue weighted by molar-refractivity contribution is 5.90. The summed E-state index contributed by atoms with van der Waals surface area (Å²) < 4.78 is 32.0. The number of carbonyl (C=O) groups excluding carboxylic acids is 1. The molecular formula is C14H17F2NO2. The van der Waals surface area contributed by atoms with Crippen molar-refractivity contribution in [3.8, 4) is 0 Å². The quantitative estimate of drug-likeness (QED) is 0.852. The third kappa shape index (κ3) is 2.69. The summed E-state index contributed by atoms with van der Waals surface area (Å²) in [6.45, 7) is 1.95. The van der Waals surface area contributed by atoms with Crippen LogP contribution in [0, 0.1) is 17.6 Å². The number of ether oxygens (including phenoxy) is 1. The van der Waals surface area contributed by atoms with Crippen LogP contribution >= 0.6 is 0 Å². The first-order valence-electron chi connectivity index (χ1n) is 6.37. The molecule has 1 fully saturated rings. The van der Waals surface area contributed by atoms with Crippen LogP contribution in [0.5, 0.6) is 0 Å². The number of hydrogen-bond donors (Lipinski definition) is 1. The Morgan fingerprint density at radius 1 is 1.37 bits per heavy atom.